The molecule has 0 amide bonds. The molecule has 5 nitrogen and oxygen atoms in total. The average Bonchev–Trinajstić information content (AvgIpc) is 2.41. The first-order valence-electron chi connectivity index (χ1n) is 6.08. The number of ether oxygens (including phenoxy) is 1. The van der Waals surface area contributed by atoms with Crippen LogP contribution in [0, 0.1) is 0 Å². The van der Waals surface area contributed by atoms with Gasteiger partial charge in [0.2, 0.25) is 0 Å². The van der Waals surface area contributed by atoms with Gasteiger partial charge in [0.25, 0.3) is 0 Å². The van der Waals surface area contributed by atoms with E-state index < -0.39 is 0 Å². The van der Waals surface area contributed by atoms with Crippen LogP contribution < -0.4 is 10.6 Å². The first-order valence-corrected chi connectivity index (χ1v) is 6.08. The van der Waals surface area contributed by atoms with Gasteiger partial charge in [-0.3, -0.25) is 0 Å². The molecule has 2 rings (SSSR count). The summed E-state index contributed by atoms with van der Waals surface area (Å²) in [7, 11) is 0. The maximum atomic E-state index is 8.62. The lowest BCUT2D eigenvalue weighted by molar-refractivity contribution is 0.0344. The number of morpholine rings is 1. The molecular formula is C13H19N3O2. The van der Waals surface area contributed by atoms with Crippen LogP contribution in [0.15, 0.2) is 29.4 Å². The van der Waals surface area contributed by atoms with E-state index >= 15 is 0 Å². The van der Waals surface area contributed by atoms with Crippen molar-refractivity contribution in [2.45, 2.75) is 26.0 Å². The number of hydrogen-bond acceptors (Lipinski definition) is 4. The molecule has 1 aliphatic heterocycles. The Morgan fingerprint density at radius 1 is 1.39 bits per heavy atom. The average molecular weight is 249 g/mol. The fourth-order valence-corrected chi connectivity index (χ4v) is 2.14. The number of nitrogens with zero attached hydrogens (tertiary/aromatic N) is 2. The Kier molecular flexibility index (Phi) is 3.72. The summed E-state index contributed by atoms with van der Waals surface area (Å²) in [5, 5.41) is 11.6. The quantitative estimate of drug-likeness (QED) is 0.360. The third-order valence-corrected chi connectivity index (χ3v) is 3.21. The monoisotopic (exact) mass is 249 g/mol. The number of benzene rings is 1. The summed E-state index contributed by atoms with van der Waals surface area (Å²) in [4.78, 5) is 2.31. The van der Waals surface area contributed by atoms with Crippen LogP contribution >= 0.6 is 0 Å². The van der Waals surface area contributed by atoms with Gasteiger partial charge in [-0.2, -0.15) is 0 Å². The number of anilines is 1. The van der Waals surface area contributed by atoms with Crippen molar-refractivity contribution in [3.05, 3.63) is 29.8 Å². The second kappa shape index (κ2) is 5.27. The van der Waals surface area contributed by atoms with Gasteiger partial charge in [-0.1, -0.05) is 5.16 Å². The van der Waals surface area contributed by atoms with Crippen LogP contribution in [0.5, 0.6) is 0 Å². The Balaban J connectivity index is 2.18. The molecule has 1 aliphatic rings. The molecule has 2 atom stereocenters. The molecule has 1 heterocycles. The molecule has 0 spiro atoms. The largest absolute Gasteiger partial charge is 0.409 e. The van der Waals surface area contributed by atoms with Crippen LogP contribution in [0.25, 0.3) is 0 Å². The van der Waals surface area contributed by atoms with Gasteiger partial charge in [-0.15, -0.1) is 0 Å². The van der Waals surface area contributed by atoms with E-state index in [2.05, 4.69) is 23.9 Å². The first-order chi connectivity index (χ1) is 8.61. The van der Waals surface area contributed by atoms with Crippen molar-refractivity contribution < 1.29 is 9.94 Å². The molecule has 0 saturated carbocycles. The minimum atomic E-state index is 0.130. The standard InChI is InChI=1S/C13H19N3O2/c1-9-8-18-10(2)7-16(9)12-5-3-11(4-6-12)13(14)15-17/h3-6,9-10,17H,7-8H2,1-2H3,(H2,14,15). The molecular weight excluding hydrogens is 230 g/mol. The lowest BCUT2D eigenvalue weighted by atomic mass is 10.1. The Morgan fingerprint density at radius 2 is 2.06 bits per heavy atom. The number of hydrogen-bond donors (Lipinski definition) is 2. The number of oxime groups is 1. The third kappa shape index (κ3) is 2.56. The molecule has 1 fully saturated rings. The van der Waals surface area contributed by atoms with Crippen molar-refractivity contribution in [2.75, 3.05) is 18.1 Å². The maximum absolute atomic E-state index is 8.62. The van der Waals surface area contributed by atoms with Crippen molar-refractivity contribution in [3.8, 4) is 0 Å². The summed E-state index contributed by atoms with van der Waals surface area (Å²) in [6.07, 6.45) is 0.241. The van der Waals surface area contributed by atoms with Crippen LogP contribution in [-0.2, 0) is 4.74 Å². The predicted octanol–water partition coefficient (Wildman–Crippen LogP) is 1.39. The highest BCUT2D eigenvalue weighted by molar-refractivity contribution is 5.97. The minimum Gasteiger partial charge on any atom is -0.409 e. The van der Waals surface area contributed by atoms with Crippen molar-refractivity contribution in [2.24, 2.45) is 10.9 Å². The van der Waals surface area contributed by atoms with E-state index in [1.807, 2.05) is 24.3 Å². The van der Waals surface area contributed by atoms with E-state index in [1.165, 1.54) is 0 Å². The second-order valence-electron chi connectivity index (χ2n) is 4.68. The lowest BCUT2D eigenvalue weighted by Gasteiger charge is -2.38. The number of rotatable bonds is 2. The van der Waals surface area contributed by atoms with Gasteiger partial charge in [0.05, 0.1) is 12.7 Å². The molecule has 3 N–H and O–H groups in total. The molecule has 0 aromatic heterocycles. The van der Waals surface area contributed by atoms with Gasteiger partial charge >= 0.3 is 0 Å². The van der Waals surface area contributed by atoms with E-state index in [4.69, 9.17) is 15.7 Å². The molecule has 0 radical (unpaired) electrons. The van der Waals surface area contributed by atoms with Crippen LogP contribution in [0.4, 0.5) is 5.69 Å². The first kappa shape index (κ1) is 12.7. The van der Waals surface area contributed by atoms with Gasteiger partial charge in [0.15, 0.2) is 5.84 Å². The summed E-state index contributed by atoms with van der Waals surface area (Å²) >= 11 is 0. The molecule has 1 aromatic rings. The number of amidine groups is 1. The molecule has 18 heavy (non-hydrogen) atoms. The Morgan fingerprint density at radius 3 is 2.67 bits per heavy atom. The molecule has 1 saturated heterocycles. The van der Waals surface area contributed by atoms with Crippen LogP contribution in [-0.4, -0.2) is 36.3 Å². The molecule has 0 aliphatic carbocycles. The van der Waals surface area contributed by atoms with Crippen LogP contribution in [0.2, 0.25) is 0 Å². The highest BCUT2D eigenvalue weighted by Gasteiger charge is 2.23. The van der Waals surface area contributed by atoms with E-state index in [-0.39, 0.29) is 11.9 Å². The zero-order chi connectivity index (χ0) is 13.1. The zero-order valence-electron chi connectivity index (χ0n) is 10.7. The summed E-state index contributed by atoms with van der Waals surface area (Å²) in [5.74, 6) is 0.130. The van der Waals surface area contributed by atoms with Crippen molar-refractivity contribution >= 4 is 11.5 Å². The smallest absolute Gasteiger partial charge is 0.170 e. The Hall–Kier alpha value is -1.75. The zero-order valence-corrected chi connectivity index (χ0v) is 10.7. The van der Waals surface area contributed by atoms with Gasteiger partial charge in [-0.05, 0) is 38.1 Å². The topological polar surface area (TPSA) is 71.1 Å². The summed E-state index contributed by atoms with van der Waals surface area (Å²) in [6.45, 7) is 5.83. The highest BCUT2D eigenvalue weighted by Crippen LogP contribution is 2.22. The molecule has 98 valence electrons. The Labute approximate surface area is 107 Å². The fraction of sp³-hybridized carbons (Fsp3) is 0.462. The van der Waals surface area contributed by atoms with Gasteiger partial charge < -0.3 is 20.6 Å². The minimum absolute atomic E-state index is 0.130. The van der Waals surface area contributed by atoms with E-state index in [0.717, 1.165) is 24.4 Å². The molecule has 5 heteroatoms. The lowest BCUT2D eigenvalue weighted by Crippen LogP contribution is -2.47. The van der Waals surface area contributed by atoms with Crippen molar-refractivity contribution in [1.82, 2.24) is 0 Å². The number of nitrogens with two attached hydrogens (primary N) is 1. The van der Waals surface area contributed by atoms with Gasteiger partial charge in [0.1, 0.15) is 0 Å². The maximum Gasteiger partial charge on any atom is 0.170 e. The molecule has 0 bridgehead atoms. The van der Waals surface area contributed by atoms with Gasteiger partial charge in [-0.25, -0.2) is 0 Å². The Bertz CT molecular complexity index is 430. The predicted molar refractivity (Wildman–Crippen MR) is 71.2 cm³/mol. The summed E-state index contributed by atoms with van der Waals surface area (Å²) in [5.41, 5.74) is 7.39. The highest BCUT2D eigenvalue weighted by atomic mass is 16.5. The third-order valence-electron chi connectivity index (χ3n) is 3.21. The van der Waals surface area contributed by atoms with Crippen molar-refractivity contribution in [3.63, 3.8) is 0 Å². The van der Waals surface area contributed by atoms with Crippen LogP contribution in [0.3, 0.4) is 0 Å². The summed E-state index contributed by atoms with van der Waals surface area (Å²) < 4.78 is 5.61. The summed E-state index contributed by atoms with van der Waals surface area (Å²) in [6, 6.07) is 8.05. The molecule has 2 unspecified atom stereocenters. The van der Waals surface area contributed by atoms with Crippen LogP contribution in [0.1, 0.15) is 19.4 Å². The molecule has 1 aromatic carbocycles. The van der Waals surface area contributed by atoms with Gasteiger partial charge in [0, 0.05) is 23.8 Å². The van der Waals surface area contributed by atoms with Crippen molar-refractivity contribution in [1.29, 1.82) is 0 Å². The SMILES string of the molecule is CC1CN(c2ccc(/C(N)=N/O)cc2)C(C)CO1. The van der Waals surface area contributed by atoms with E-state index in [9.17, 15) is 0 Å². The fourth-order valence-electron chi connectivity index (χ4n) is 2.14. The second-order valence-corrected chi connectivity index (χ2v) is 4.68. The van der Waals surface area contributed by atoms with E-state index in [1.54, 1.807) is 0 Å². The normalized spacial score (nSPS) is 25.2. The van der Waals surface area contributed by atoms with E-state index in [0.29, 0.717) is 6.04 Å².